The lowest BCUT2D eigenvalue weighted by atomic mass is 10.0. The van der Waals surface area contributed by atoms with Gasteiger partial charge in [-0.05, 0) is 78.8 Å². The van der Waals surface area contributed by atoms with Gasteiger partial charge in [0.2, 0.25) is 0 Å². The Hall–Kier alpha value is -3.51. The minimum atomic E-state index is -0.0472. The number of nitrogens with zero attached hydrogens (tertiary/aromatic N) is 4. The maximum absolute atomic E-state index is 5.81. The highest BCUT2D eigenvalue weighted by Gasteiger charge is 2.41. The number of rotatable bonds is 5. The van der Waals surface area contributed by atoms with Gasteiger partial charge in [0.25, 0.3) is 0 Å². The average Bonchev–Trinajstić information content (AvgIpc) is 3.40. The molecule has 4 heterocycles. The van der Waals surface area contributed by atoms with Crippen LogP contribution in [0, 0.1) is 6.92 Å². The van der Waals surface area contributed by atoms with Crippen LogP contribution in [0.25, 0.3) is 5.69 Å². The Bertz CT molecular complexity index is 1190. The molecule has 1 saturated heterocycles. The molecule has 5 nitrogen and oxygen atoms in total. The van der Waals surface area contributed by atoms with E-state index in [1.54, 1.807) is 0 Å². The van der Waals surface area contributed by atoms with Crippen molar-refractivity contribution in [1.29, 1.82) is 0 Å². The molecule has 0 unspecified atom stereocenters. The largest absolute Gasteiger partial charge is 0.352 e. The number of aromatic nitrogens is 3. The van der Waals surface area contributed by atoms with Crippen LogP contribution in [0.4, 0.5) is 0 Å². The SMILES string of the molecule is Cc1cccc(-n2cccc2[C@@H]2[C@@H](c3ccccn3)NC(=S)N2Cc2ccncc2)c1. The van der Waals surface area contributed by atoms with Gasteiger partial charge in [0.15, 0.2) is 5.11 Å². The lowest BCUT2D eigenvalue weighted by Crippen LogP contribution is -2.30. The van der Waals surface area contributed by atoms with E-state index in [1.165, 1.54) is 16.8 Å². The fourth-order valence-electron chi connectivity index (χ4n) is 4.23. The van der Waals surface area contributed by atoms with Gasteiger partial charge in [-0.25, -0.2) is 0 Å². The molecule has 1 fully saturated rings. The number of aryl methyl sites for hydroxylation is 1. The molecule has 1 aromatic carbocycles. The molecule has 1 aliphatic heterocycles. The van der Waals surface area contributed by atoms with E-state index in [0.29, 0.717) is 6.54 Å². The van der Waals surface area contributed by atoms with Gasteiger partial charge in [-0.3, -0.25) is 9.97 Å². The Labute approximate surface area is 187 Å². The smallest absolute Gasteiger partial charge is 0.170 e. The molecule has 31 heavy (non-hydrogen) atoms. The monoisotopic (exact) mass is 425 g/mol. The van der Waals surface area contributed by atoms with E-state index >= 15 is 0 Å². The zero-order valence-corrected chi connectivity index (χ0v) is 18.0. The normalized spacial score (nSPS) is 18.2. The van der Waals surface area contributed by atoms with Crippen LogP contribution in [0.5, 0.6) is 0 Å². The summed E-state index contributed by atoms with van der Waals surface area (Å²) in [7, 11) is 0. The number of hydrogen-bond donors (Lipinski definition) is 1. The Morgan fingerprint density at radius 2 is 1.84 bits per heavy atom. The summed E-state index contributed by atoms with van der Waals surface area (Å²) in [4.78, 5) is 11.1. The van der Waals surface area contributed by atoms with Gasteiger partial charge in [-0.15, -0.1) is 0 Å². The third kappa shape index (κ3) is 3.82. The quantitative estimate of drug-likeness (QED) is 0.468. The predicted molar refractivity (Wildman–Crippen MR) is 126 cm³/mol. The van der Waals surface area contributed by atoms with Gasteiger partial charge in [-0.2, -0.15) is 0 Å². The maximum atomic E-state index is 5.81. The number of nitrogens with one attached hydrogen (secondary N) is 1. The third-order valence-electron chi connectivity index (χ3n) is 5.66. The minimum Gasteiger partial charge on any atom is -0.352 e. The molecule has 1 N–H and O–H groups in total. The first-order chi connectivity index (χ1) is 15.2. The first-order valence-corrected chi connectivity index (χ1v) is 10.7. The van der Waals surface area contributed by atoms with Crippen LogP contribution in [-0.4, -0.2) is 24.5 Å². The molecule has 0 amide bonds. The van der Waals surface area contributed by atoms with E-state index in [1.807, 2.05) is 42.9 Å². The van der Waals surface area contributed by atoms with Gasteiger partial charge in [-0.1, -0.05) is 18.2 Å². The van der Waals surface area contributed by atoms with Crippen molar-refractivity contribution >= 4 is 17.3 Å². The van der Waals surface area contributed by atoms with Crippen molar-refractivity contribution in [3.8, 4) is 5.69 Å². The van der Waals surface area contributed by atoms with Crippen LogP contribution in [0.3, 0.4) is 0 Å². The molecule has 0 saturated carbocycles. The van der Waals surface area contributed by atoms with E-state index in [2.05, 4.69) is 80.3 Å². The van der Waals surface area contributed by atoms with Gasteiger partial charge < -0.3 is 14.8 Å². The lowest BCUT2D eigenvalue weighted by molar-refractivity contribution is 0.302. The number of pyridine rings is 2. The van der Waals surface area contributed by atoms with Gasteiger partial charge in [0, 0.05) is 42.7 Å². The zero-order valence-electron chi connectivity index (χ0n) is 17.2. The first-order valence-electron chi connectivity index (χ1n) is 10.3. The fraction of sp³-hybridized carbons (Fsp3) is 0.160. The Morgan fingerprint density at radius 3 is 2.61 bits per heavy atom. The number of benzene rings is 1. The van der Waals surface area contributed by atoms with Crippen LogP contribution in [0.15, 0.2) is 91.5 Å². The number of thiocarbonyl (C=S) groups is 1. The highest BCUT2D eigenvalue weighted by molar-refractivity contribution is 7.80. The lowest BCUT2D eigenvalue weighted by Gasteiger charge is -2.29. The van der Waals surface area contributed by atoms with E-state index < -0.39 is 0 Å². The second-order valence-electron chi connectivity index (χ2n) is 7.75. The average molecular weight is 426 g/mol. The Morgan fingerprint density at radius 1 is 0.968 bits per heavy atom. The van der Waals surface area contributed by atoms with Crippen molar-refractivity contribution in [2.24, 2.45) is 0 Å². The summed E-state index contributed by atoms with van der Waals surface area (Å²) >= 11 is 5.81. The molecule has 154 valence electrons. The van der Waals surface area contributed by atoms with Gasteiger partial charge in [0.05, 0.1) is 17.8 Å². The van der Waals surface area contributed by atoms with E-state index in [0.717, 1.165) is 16.5 Å². The predicted octanol–water partition coefficient (Wildman–Crippen LogP) is 4.75. The molecule has 0 spiro atoms. The van der Waals surface area contributed by atoms with E-state index in [-0.39, 0.29) is 12.1 Å². The summed E-state index contributed by atoms with van der Waals surface area (Å²) < 4.78 is 2.25. The summed E-state index contributed by atoms with van der Waals surface area (Å²) in [5, 5.41) is 4.27. The first kappa shape index (κ1) is 19.5. The summed E-state index contributed by atoms with van der Waals surface area (Å²) in [6.45, 7) is 2.81. The van der Waals surface area contributed by atoms with Crippen molar-refractivity contribution in [3.63, 3.8) is 0 Å². The maximum Gasteiger partial charge on any atom is 0.170 e. The minimum absolute atomic E-state index is 0.00826. The van der Waals surface area contributed by atoms with Crippen LogP contribution in [0.2, 0.25) is 0 Å². The molecular weight excluding hydrogens is 402 g/mol. The molecule has 0 bridgehead atoms. The van der Waals surface area contributed by atoms with Crippen molar-refractivity contribution in [2.45, 2.75) is 25.6 Å². The summed E-state index contributed by atoms with van der Waals surface area (Å²) in [6, 6.07) is 22.9. The van der Waals surface area contributed by atoms with Crippen LogP contribution < -0.4 is 5.32 Å². The topological polar surface area (TPSA) is 46.0 Å². The van der Waals surface area contributed by atoms with Gasteiger partial charge in [0.1, 0.15) is 0 Å². The van der Waals surface area contributed by atoms with Crippen molar-refractivity contribution in [2.75, 3.05) is 0 Å². The molecule has 6 heteroatoms. The molecule has 1 aliphatic rings. The summed E-state index contributed by atoms with van der Waals surface area (Å²) in [5.74, 6) is 0. The Kier molecular flexibility index (Phi) is 5.22. The second kappa shape index (κ2) is 8.32. The molecule has 3 aromatic heterocycles. The molecular formula is C25H23N5S. The van der Waals surface area contributed by atoms with E-state index in [9.17, 15) is 0 Å². The standard InChI is InChI=1S/C25H23N5S/c1-18-6-4-7-20(16-18)29-15-5-9-22(29)24-23(21-8-2-3-12-27-21)28-25(31)30(24)17-19-10-13-26-14-11-19/h2-16,23-24H,17H2,1H3,(H,28,31)/t23-,24-/m1/s1. The summed E-state index contributed by atoms with van der Waals surface area (Å²) in [6.07, 6.45) is 7.60. The second-order valence-corrected chi connectivity index (χ2v) is 8.14. The third-order valence-corrected chi connectivity index (χ3v) is 6.02. The zero-order chi connectivity index (χ0) is 21.2. The highest BCUT2D eigenvalue weighted by Crippen LogP contribution is 2.40. The van der Waals surface area contributed by atoms with Crippen LogP contribution >= 0.6 is 12.2 Å². The van der Waals surface area contributed by atoms with Crippen molar-refractivity contribution in [3.05, 3.63) is 114 Å². The molecule has 0 aliphatic carbocycles. The van der Waals surface area contributed by atoms with Crippen LogP contribution in [0.1, 0.15) is 34.6 Å². The highest BCUT2D eigenvalue weighted by atomic mass is 32.1. The molecule has 0 radical (unpaired) electrons. The Balaban J connectivity index is 1.61. The molecule has 4 aromatic rings. The van der Waals surface area contributed by atoms with Gasteiger partial charge >= 0.3 is 0 Å². The van der Waals surface area contributed by atoms with Crippen molar-refractivity contribution < 1.29 is 0 Å². The number of hydrogen-bond acceptors (Lipinski definition) is 3. The van der Waals surface area contributed by atoms with E-state index in [4.69, 9.17) is 12.2 Å². The van der Waals surface area contributed by atoms with Crippen LogP contribution in [-0.2, 0) is 6.54 Å². The fourth-order valence-corrected chi connectivity index (χ4v) is 4.54. The van der Waals surface area contributed by atoms with Crippen molar-refractivity contribution in [1.82, 2.24) is 24.8 Å². The molecule has 2 atom stereocenters. The summed E-state index contributed by atoms with van der Waals surface area (Å²) in [5.41, 5.74) is 5.68. The molecule has 5 rings (SSSR count).